The Balaban J connectivity index is 1.76. The van der Waals surface area contributed by atoms with Gasteiger partial charge in [-0.1, -0.05) is 18.0 Å². The summed E-state index contributed by atoms with van der Waals surface area (Å²) in [4.78, 5) is 13.6. The molecule has 2 aliphatic carbocycles. The van der Waals surface area contributed by atoms with Gasteiger partial charge in [0.15, 0.2) is 0 Å². The number of pyridine rings is 1. The molecule has 1 heterocycles. The van der Waals surface area contributed by atoms with E-state index in [0.717, 1.165) is 12.3 Å². The highest BCUT2D eigenvalue weighted by Gasteiger charge is 2.42. The van der Waals surface area contributed by atoms with E-state index in [4.69, 9.17) is 11.6 Å². The Labute approximate surface area is 129 Å². The lowest BCUT2D eigenvalue weighted by Crippen LogP contribution is -2.40. The van der Waals surface area contributed by atoms with Crippen molar-refractivity contribution in [2.45, 2.75) is 43.5 Å². The molecule has 0 amide bonds. The predicted octanol–water partition coefficient (Wildman–Crippen LogP) is 2.13. The Morgan fingerprint density at radius 3 is 2.71 bits per heavy atom. The van der Waals surface area contributed by atoms with Crippen molar-refractivity contribution in [3.8, 4) is 0 Å². The molecule has 4 atom stereocenters. The maximum absolute atomic E-state index is 12.4. The van der Waals surface area contributed by atoms with E-state index < -0.39 is 15.6 Å². The van der Waals surface area contributed by atoms with Crippen LogP contribution >= 0.6 is 11.6 Å². The average Bonchev–Trinajstić information content (AvgIpc) is 3.03. The monoisotopic (exact) mass is 330 g/mol. The van der Waals surface area contributed by atoms with Gasteiger partial charge in [0.2, 0.25) is 10.0 Å². The second-order valence-corrected chi connectivity index (χ2v) is 8.38. The van der Waals surface area contributed by atoms with Gasteiger partial charge in [-0.05, 0) is 50.0 Å². The van der Waals surface area contributed by atoms with Crippen LogP contribution in [0.1, 0.15) is 32.6 Å². The summed E-state index contributed by atoms with van der Waals surface area (Å²) in [6, 6.07) is 1.09. The average molecular weight is 331 g/mol. The Morgan fingerprint density at radius 2 is 2.14 bits per heavy atom. The first kappa shape index (κ1) is 15.1. The molecule has 0 radical (unpaired) electrons. The number of hydrogen-bond acceptors (Lipinski definition) is 3. The van der Waals surface area contributed by atoms with Crippen molar-refractivity contribution in [1.29, 1.82) is 0 Å². The number of H-pyrrole nitrogens is 1. The summed E-state index contributed by atoms with van der Waals surface area (Å²) >= 11 is 5.70. The fourth-order valence-corrected chi connectivity index (χ4v) is 5.42. The number of halogens is 1. The molecule has 2 bridgehead atoms. The van der Waals surface area contributed by atoms with E-state index in [0.29, 0.717) is 11.8 Å². The smallest absolute Gasteiger partial charge is 0.266 e. The van der Waals surface area contributed by atoms with Crippen LogP contribution in [0.4, 0.5) is 0 Å². The molecule has 0 aliphatic heterocycles. The second kappa shape index (κ2) is 5.41. The zero-order valence-electron chi connectivity index (χ0n) is 11.8. The molecule has 2 N–H and O–H groups in total. The Morgan fingerprint density at radius 1 is 1.38 bits per heavy atom. The first-order valence-electron chi connectivity index (χ1n) is 7.27. The number of aromatic amines is 1. The third kappa shape index (κ3) is 2.89. The molecule has 1 aromatic rings. The zero-order chi connectivity index (χ0) is 15.2. The molecular weight excluding hydrogens is 312 g/mol. The summed E-state index contributed by atoms with van der Waals surface area (Å²) in [5.74, 6) is 1.83. The highest BCUT2D eigenvalue weighted by atomic mass is 35.5. The number of rotatable bonds is 4. The number of fused-ring (bicyclic) bond motifs is 2. The molecule has 0 spiro atoms. The van der Waals surface area contributed by atoms with Crippen LogP contribution < -0.4 is 10.3 Å². The van der Waals surface area contributed by atoms with Crippen LogP contribution in [-0.2, 0) is 10.0 Å². The van der Waals surface area contributed by atoms with Gasteiger partial charge in [-0.3, -0.25) is 4.79 Å². The Hall–Kier alpha value is -0.850. The van der Waals surface area contributed by atoms with Crippen LogP contribution in [0.5, 0.6) is 0 Å². The molecule has 2 saturated carbocycles. The van der Waals surface area contributed by atoms with E-state index in [2.05, 4.69) is 9.71 Å². The van der Waals surface area contributed by atoms with Crippen LogP contribution in [0.25, 0.3) is 0 Å². The van der Waals surface area contributed by atoms with E-state index in [1.807, 2.05) is 6.92 Å². The Bertz CT molecular complexity index is 700. The first-order chi connectivity index (χ1) is 9.87. The summed E-state index contributed by atoms with van der Waals surface area (Å²) in [5, 5.41) is -0.120. The van der Waals surface area contributed by atoms with Crippen molar-refractivity contribution in [3.05, 3.63) is 27.6 Å². The van der Waals surface area contributed by atoms with Crippen LogP contribution in [0.3, 0.4) is 0 Å². The molecule has 3 rings (SSSR count). The highest BCUT2D eigenvalue weighted by Crippen LogP contribution is 2.49. The van der Waals surface area contributed by atoms with Crippen molar-refractivity contribution in [2.24, 2.45) is 17.8 Å². The van der Waals surface area contributed by atoms with Gasteiger partial charge in [-0.15, -0.1) is 0 Å². The molecule has 2 fully saturated rings. The number of sulfonamides is 1. The topological polar surface area (TPSA) is 79.0 Å². The molecule has 21 heavy (non-hydrogen) atoms. The van der Waals surface area contributed by atoms with E-state index in [9.17, 15) is 13.2 Å². The van der Waals surface area contributed by atoms with E-state index in [1.54, 1.807) is 0 Å². The maximum atomic E-state index is 12.4. The standard InChI is InChI=1S/C14H19ClN2O3S/c1-8(12-5-9-2-3-10(12)4-9)17-21(19,20)11-6-13(15)14(18)16-7-11/h6-10,12,17H,2-5H2,1H3,(H,16,18). The number of hydrogen-bond donors (Lipinski definition) is 2. The van der Waals surface area contributed by atoms with E-state index >= 15 is 0 Å². The summed E-state index contributed by atoms with van der Waals surface area (Å²) in [7, 11) is -3.66. The minimum absolute atomic E-state index is 0.00195. The first-order valence-corrected chi connectivity index (χ1v) is 9.13. The van der Waals surface area contributed by atoms with Crippen LogP contribution in [0.2, 0.25) is 5.02 Å². The van der Waals surface area contributed by atoms with Gasteiger partial charge in [-0.25, -0.2) is 13.1 Å². The van der Waals surface area contributed by atoms with Gasteiger partial charge in [0.05, 0.1) is 4.90 Å². The molecule has 1 aromatic heterocycles. The molecule has 116 valence electrons. The van der Waals surface area contributed by atoms with Gasteiger partial charge in [-0.2, -0.15) is 0 Å². The quantitative estimate of drug-likeness (QED) is 0.887. The van der Waals surface area contributed by atoms with Crippen LogP contribution in [0, 0.1) is 17.8 Å². The zero-order valence-corrected chi connectivity index (χ0v) is 13.4. The van der Waals surface area contributed by atoms with Gasteiger partial charge in [0.25, 0.3) is 5.56 Å². The number of nitrogens with one attached hydrogen (secondary N) is 2. The molecule has 0 aromatic carbocycles. The third-order valence-electron chi connectivity index (χ3n) is 4.92. The van der Waals surface area contributed by atoms with Gasteiger partial charge in [0.1, 0.15) is 5.02 Å². The second-order valence-electron chi connectivity index (χ2n) is 6.26. The van der Waals surface area contributed by atoms with Crippen LogP contribution in [-0.4, -0.2) is 19.4 Å². The van der Waals surface area contributed by atoms with Crippen molar-refractivity contribution in [3.63, 3.8) is 0 Å². The molecule has 0 saturated heterocycles. The third-order valence-corrected chi connectivity index (χ3v) is 6.74. The summed E-state index contributed by atoms with van der Waals surface area (Å²) in [6.07, 6.45) is 6.04. The molecule has 4 unspecified atom stereocenters. The largest absolute Gasteiger partial charge is 0.326 e. The lowest BCUT2D eigenvalue weighted by molar-refractivity contribution is 0.280. The van der Waals surface area contributed by atoms with Gasteiger partial charge in [0, 0.05) is 12.2 Å². The normalized spacial score (nSPS) is 29.7. The SMILES string of the molecule is CC(NS(=O)(=O)c1c[nH]c(=O)c(Cl)c1)C1CC2CCC1C2. The van der Waals surface area contributed by atoms with E-state index in [-0.39, 0.29) is 16.0 Å². The van der Waals surface area contributed by atoms with Crippen molar-refractivity contribution in [2.75, 3.05) is 0 Å². The van der Waals surface area contributed by atoms with Gasteiger partial charge < -0.3 is 4.98 Å². The fourth-order valence-electron chi connectivity index (χ4n) is 3.90. The maximum Gasteiger partial charge on any atom is 0.266 e. The minimum atomic E-state index is -3.66. The van der Waals surface area contributed by atoms with Crippen molar-refractivity contribution >= 4 is 21.6 Å². The predicted molar refractivity (Wildman–Crippen MR) is 80.8 cm³/mol. The summed E-state index contributed by atoms with van der Waals surface area (Å²) < 4.78 is 27.5. The molecule has 7 heteroatoms. The van der Waals surface area contributed by atoms with Crippen molar-refractivity contribution in [1.82, 2.24) is 9.71 Å². The van der Waals surface area contributed by atoms with E-state index in [1.165, 1.54) is 31.5 Å². The Kier molecular flexibility index (Phi) is 3.88. The number of aromatic nitrogens is 1. The summed E-state index contributed by atoms with van der Waals surface area (Å²) in [5.41, 5.74) is -0.489. The van der Waals surface area contributed by atoms with Crippen LogP contribution in [0.15, 0.2) is 22.0 Å². The molecule has 2 aliphatic rings. The van der Waals surface area contributed by atoms with Gasteiger partial charge >= 0.3 is 0 Å². The summed E-state index contributed by atoms with van der Waals surface area (Å²) in [6.45, 7) is 1.93. The lowest BCUT2D eigenvalue weighted by atomic mass is 9.84. The highest BCUT2D eigenvalue weighted by molar-refractivity contribution is 7.89. The minimum Gasteiger partial charge on any atom is -0.326 e. The lowest BCUT2D eigenvalue weighted by Gasteiger charge is -2.28. The fraction of sp³-hybridized carbons (Fsp3) is 0.643. The van der Waals surface area contributed by atoms with Crippen molar-refractivity contribution < 1.29 is 8.42 Å². The molecular formula is C14H19ClN2O3S. The molecule has 5 nitrogen and oxygen atoms in total.